The number of hydrogen-bond acceptors (Lipinski definition) is 6. The van der Waals surface area contributed by atoms with Gasteiger partial charge in [-0.05, 0) is 48.2 Å². The number of nitrogens with zero attached hydrogens (tertiary/aromatic N) is 6. The van der Waals surface area contributed by atoms with Gasteiger partial charge in [0.15, 0.2) is 11.6 Å². The molecule has 0 atom stereocenters. The fraction of sp³-hybridized carbons (Fsp3) is 0.353. The molecule has 2 aliphatic heterocycles. The summed E-state index contributed by atoms with van der Waals surface area (Å²) in [5.41, 5.74) is 3.22. The number of carbonyl (C=O) groups is 2. The highest BCUT2D eigenvalue weighted by Crippen LogP contribution is 2.28. The second kappa shape index (κ2) is 12.8. The van der Waals surface area contributed by atoms with Gasteiger partial charge in [-0.3, -0.25) is 19.4 Å². The third kappa shape index (κ3) is 5.41. The molecule has 42 heavy (non-hydrogen) atoms. The van der Waals surface area contributed by atoms with Gasteiger partial charge >= 0.3 is 0 Å². The second-order valence-electron chi connectivity index (χ2n) is 10.7. The lowest BCUT2D eigenvalue weighted by molar-refractivity contribution is -0.113. The summed E-state index contributed by atoms with van der Waals surface area (Å²) < 4.78 is 0. The largest absolute Gasteiger partial charge is 0.291 e. The molecule has 2 aliphatic rings. The van der Waals surface area contributed by atoms with E-state index < -0.39 is 0 Å². The van der Waals surface area contributed by atoms with E-state index in [2.05, 4.69) is 26.0 Å². The normalized spacial score (nSPS) is 13.8. The van der Waals surface area contributed by atoms with E-state index in [9.17, 15) is 20.1 Å². The van der Waals surface area contributed by atoms with Crippen LogP contribution >= 0.6 is 0 Å². The van der Waals surface area contributed by atoms with Crippen molar-refractivity contribution in [1.29, 1.82) is 10.5 Å². The van der Waals surface area contributed by atoms with E-state index in [0.29, 0.717) is 68.8 Å². The summed E-state index contributed by atoms with van der Waals surface area (Å²) in [5, 5.41) is 19.5. The highest BCUT2D eigenvalue weighted by atomic mass is 16.2. The minimum atomic E-state index is -0.171. The molecule has 0 N–H and O–H groups in total. The van der Waals surface area contributed by atoms with Gasteiger partial charge in [0, 0.05) is 13.1 Å². The van der Waals surface area contributed by atoms with Crippen LogP contribution in [0.15, 0.2) is 48.5 Å². The van der Waals surface area contributed by atoms with Crippen LogP contribution in [0.2, 0.25) is 0 Å². The van der Waals surface area contributed by atoms with E-state index in [1.807, 2.05) is 0 Å². The molecular formula is C34H34N6O2. The van der Waals surface area contributed by atoms with Gasteiger partial charge in [-0.25, -0.2) is 9.97 Å². The molecule has 2 amide bonds. The monoisotopic (exact) mass is 558 g/mol. The summed E-state index contributed by atoms with van der Waals surface area (Å²) in [4.78, 5) is 41.3. The Morgan fingerprint density at radius 2 is 0.976 bits per heavy atom. The Morgan fingerprint density at radius 3 is 1.31 bits per heavy atom. The number of hydrogen-bond donors (Lipinski definition) is 0. The molecule has 2 aromatic carbocycles. The molecule has 0 fully saturated rings. The zero-order valence-electron chi connectivity index (χ0n) is 24.2. The van der Waals surface area contributed by atoms with Gasteiger partial charge in [0.05, 0.1) is 34.4 Å². The van der Waals surface area contributed by atoms with Crippen molar-refractivity contribution in [2.24, 2.45) is 0 Å². The Balaban J connectivity index is 1.70. The van der Waals surface area contributed by atoms with Gasteiger partial charge < -0.3 is 0 Å². The van der Waals surface area contributed by atoms with Crippen LogP contribution in [0.25, 0.3) is 11.1 Å². The van der Waals surface area contributed by atoms with Crippen molar-refractivity contribution in [3.63, 3.8) is 0 Å². The fourth-order valence-corrected chi connectivity index (χ4v) is 5.55. The Labute approximate surface area is 246 Å². The van der Waals surface area contributed by atoms with Gasteiger partial charge in [0.2, 0.25) is 0 Å². The first kappa shape index (κ1) is 28.7. The Kier molecular flexibility index (Phi) is 8.74. The van der Waals surface area contributed by atoms with E-state index in [0.717, 1.165) is 51.4 Å². The number of amides is 2. The zero-order valence-corrected chi connectivity index (χ0v) is 24.2. The van der Waals surface area contributed by atoms with Crippen LogP contribution in [0.1, 0.15) is 87.5 Å². The smallest absolute Gasteiger partial charge is 0.262 e. The third-order valence-corrected chi connectivity index (χ3v) is 7.84. The number of nitriles is 2. The maximum atomic E-state index is 13.9. The van der Waals surface area contributed by atoms with Crippen LogP contribution in [-0.4, -0.2) is 34.9 Å². The van der Waals surface area contributed by atoms with Gasteiger partial charge in [-0.2, -0.15) is 10.5 Å². The van der Waals surface area contributed by atoms with Crippen LogP contribution in [0.5, 0.6) is 0 Å². The van der Waals surface area contributed by atoms with E-state index in [1.165, 1.54) is 0 Å². The zero-order chi connectivity index (χ0) is 29.6. The quantitative estimate of drug-likeness (QED) is 0.303. The summed E-state index contributed by atoms with van der Waals surface area (Å²) in [5.74, 6) is 0.578. The fourth-order valence-electron chi connectivity index (χ4n) is 5.55. The highest BCUT2D eigenvalue weighted by molar-refractivity contribution is 6.30. The van der Waals surface area contributed by atoms with Crippen LogP contribution < -0.4 is 20.5 Å². The molecule has 8 nitrogen and oxygen atoms in total. The minimum absolute atomic E-state index is 0.171. The third-order valence-electron chi connectivity index (χ3n) is 7.84. The topological polar surface area (TPSA) is 114 Å². The average molecular weight is 559 g/mol. The van der Waals surface area contributed by atoms with Crippen LogP contribution in [-0.2, 0) is 9.59 Å². The standard InChI is InChI=1S/C34H34N6O2/c1-3-5-7-9-19-39-31-29(27(33(39)41)25-15-11-23(21-35)12-16-25)38-32-30(37-31)28(26-17-13-24(22-36)14-18-26)34(42)40(32)20-10-8-6-4-2/h11-18H,3-10,19-20H2,1-2H3. The van der Waals surface area contributed by atoms with Crippen molar-refractivity contribution in [3.05, 3.63) is 81.5 Å². The SMILES string of the molecule is CCCCCCN1C(=O)C(c2ccc(C#N)cc2)=c2nc3c(nc21)=C(c1ccc(C#N)cc1)C(=O)N3CCCCCC. The van der Waals surface area contributed by atoms with Crippen molar-refractivity contribution < 1.29 is 9.59 Å². The molecular weight excluding hydrogens is 524 g/mol. The summed E-state index contributed by atoms with van der Waals surface area (Å²) in [6, 6.07) is 18.1. The number of anilines is 2. The predicted octanol–water partition coefficient (Wildman–Crippen LogP) is 4.47. The number of benzene rings is 2. The average Bonchev–Trinajstić information content (AvgIpc) is 3.44. The second-order valence-corrected chi connectivity index (χ2v) is 10.7. The Hall–Kier alpha value is -4.82. The van der Waals surface area contributed by atoms with E-state index in [-0.39, 0.29) is 11.8 Å². The number of aromatic nitrogens is 2. The van der Waals surface area contributed by atoms with Gasteiger partial charge in [0.25, 0.3) is 11.8 Å². The number of unbranched alkanes of at least 4 members (excludes halogenated alkanes) is 6. The highest BCUT2D eigenvalue weighted by Gasteiger charge is 2.37. The molecule has 3 heterocycles. The first-order chi connectivity index (χ1) is 20.5. The summed E-state index contributed by atoms with van der Waals surface area (Å²) in [6.45, 7) is 5.29. The first-order valence-corrected chi connectivity index (χ1v) is 14.8. The van der Waals surface area contributed by atoms with Crippen molar-refractivity contribution in [1.82, 2.24) is 9.97 Å². The maximum Gasteiger partial charge on any atom is 0.262 e. The van der Waals surface area contributed by atoms with Crippen LogP contribution in [0.3, 0.4) is 0 Å². The first-order valence-electron chi connectivity index (χ1n) is 14.8. The number of rotatable bonds is 12. The lowest BCUT2D eigenvalue weighted by Crippen LogP contribution is -2.34. The van der Waals surface area contributed by atoms with Crippen molar-refractivity contribution >= 4 is 34.6 Å². The summed E-state index contributed by atoms with van der Waals surface area (Å²) >= 11 is 0. The van der Waals surface area contributed by atoms with Crippen molar-refractivity contribution in [2.75, 3.05) is 22.9 Å². The number of fused-ring (bicyclic) bond motifs is 2. The van der Waals surface area contributed by atoms with E-state index in [4.69, 9.17) is 9.97 Å². The molecule has 5 rings (SSSR count). The van der Waals surface area contributed by atoms with E-state index in [1.54, 1.807) is 58.3 Å². The van der Waals surface area contributed by atoms with Gasteiger partial charge in [-0.1, -0.05) is 76.6 Å². The maximum absolute atomic E-state index is 13.9. The molecule has 0 saturated heterocycles. The number of carbonyl (C=O) groups excluding carboxylic acids is 2. The molecule has 1 aromatic heterocycles. The van der Waals surface area contributed by atoms with Gasteiger partial charge in [-0.15, -0.1) is 0 Å². The lowest BCUT2D eigenvalue weighted by atomic mass is 10.0. The van der Waals surface area contributed by atoms with Crippen LogP contribution in [0.4, 0.5) is 11.6 Å². The van der Waals surface area contributed by atoms with Crippen molar-refractivity contribution in [3.8, 4) is 12.1 Å². The molecule has 0 spiro atoms. The molecule has 3 aromatic rings. The van der Waals surface area contributed by atoms with E-state index >= 15 is 0 Å². The molecule has 0 radical (unpaired) electrons. The predicted molar refractivity (Wildman–Crippen MR) is 162 cm³/mol. The lowest BCUT2D eigenvalue weighted by Gasteiger charge is -2.18. The molecule has 0 bridgehead atoms. The van der Waals surface area contributed by atoms with Crippen LogP contribution in [0, 0.1) is 22.7 Å². The minimum Gasteiger partial charge on any atom is -0.291 e. The van der Waals surface area contributed by atoms with Crippen molar-refractivity contribution in [2.45, 2.75) is 65.2 Å². The molecule has 0 unspecified atom stereocenters. The molecule has 8 heteroatoms. The molecule has 0 aliphatic carbocycles. The molecule has 0 saturated carbocycles. The Bertz CT molecular complexity index is 1580. The Morgan fingerprint density at radius 1 is 0.595 bits per heavy atom. The summed E-state index contributed by atoms with van der Waals surface area (Å²) in [7, 11) is 0. The summed E-state index contributed by atoms with van der Waals surface area (Å²) in [6.07, 6.45) is 7.96. The van der Waals surface area contributed by atoms with Gasteiger partial charge in [0.1, 0.15) is 10.7 Å². The molecule has 212 valence electrons.